The van der Waals surface area contributed by atoms with Crippen LogP contribution < -0.4 is 5.32 Å². The van der Waals surface area contributed by atoms with Gasteiger partial charge >= 0.3 is 0 Å². The molecule has 88 valence electrons. The molecule has 0 saturated carbocycles. The molecule has 2 heterocycles. The Morgan fingerprint density at radius 1 is 1.27 bits per heavy atom. The van der Waals surface area contributed by atoms with E-state index in [0.717, 1.165) is 12.0 Å². The molecule has 0 amide bonds. The number of hydrogen-bond acceptors (Lipinski definition) is 2. The molecule has 0 aromatic rings. The minimum atomic E-state index is 0.541. The first-order chi connectivity index (χ1) is 7.07. The second-order valence-electron chi connectivity index (χ2n) is 6.39. The second kappa shape index (κ2) is 4.42. The molecular weight excluding hydrogens is 184 g/mol. The first kappa shape index (κ1) is 11.4. The highest BCUT2D eigenvalue weighted by Gasteiger charge is 2.32. The summed E-state index contributed by atoms with van der Waals surface area (Å²) in [7, 11) is 0. The van der Waals surface area contributed by atoms with E-state index in [1.165, 1.54) is 45.4 Å². The summed E-state index contributed by atoms with van der Waals surface area (Å²) in [5.41, 5.74) is 0.541. The van der Waals surface area contributed by atoms with Crippen LogP contribution in [0.3, 0.4) is 0 Å². The number of nitrogens with one attached hydrogen (secondary N) is 1. The van der Waals surface area contributed by atoms with Crippen molar-refractivity contribution in [3.05, 3.63) is 0 Å². The molecule has 2 nitrogen and oxygen atoms in total. The van der Waals surface area contributed by atoms with Crippen molar-refractivity contribution in [3.63, 3.8) is 0 Å². The van der Waals surface area contributed by atoms with Crippen LogP contribution in [-0.2, 0) is 0 Å². The Balaban J connectivity index is 1.92. The Kier molecular flexibility index (Phi) is 3.36. The molecule has 2 fully saturated rings. The largest absolute Gasteiger partial charge is 0.315 e. The first-order valence-electron chi connectivity index (χ1n) is 6.52. The van der Waals surface area contributed by atoms with Gasteiger partial charge in [-0.1, -0.05) is 20.8 Å². The van der Waals surface area contributed by atoms with Crippen molar-refractivity contribution in [2.75, 3.05) is 26.2 Å². The molecule has 0 bridgehead atoms. The number of hydrogen-bond donors (Lipinski definition) is 1. The monoisotopic (exact) mass is 210 g/mol. The quantitative estimate of drug-likeness (QED) is 0.713. The summed E-state index contributed by atoms with van der Waals surface area (Å²) in [5, 5.41) is 3.57. The molecule has 0 aromatic heterocycles. The van der Waals surface area contributed by atoms with Gasteiger partial charge < -0.3 is 5.32 Å². The molecule has 2 saturated heterocycles. The maximum absolute atomic E-state index is 3.57. The summed E-state index contributed by atoms with van der Waals surface area (Å²) in [6, 6.07) is 0.799. The van der Waals surface area contributed by atoms with Gasteiger partial charge in [0.15, 0.2) is 0 Å². The molecule has 2 heteroatoms. The van der Waals surface area contributed by atoms with Gasteiger partial charge in [0.05, 0.1) is 0 Å². The first-order valence-corrected chi connectivity index (χ1v) is 6.52. The van der Waals surface area contributed by atoms with Gasteiger partial charge in [0, 0.05) is 19.1 Å². The van der Waals surface area contributed by atoms with Crippen molar-refractivity contribution in [2.45, 2.75) is 46.1 Å². The van der Waals surface area contributed by atoms with Crippen LogP contribution in [0.1, 0.15) is 40.0 Å². The van der Waals surface area contributed by atoms with Gasteiger partial charge in [0.25, 0.3) is 0 Å². The molecule has 2 aliphatic heterocycles. The van der Waals surface area contributed by atoms with E-state index in [1.807, 2.05) is 0 Å². The van der Waals surface area contributed by atoms with E-state index < -0.39 is 0 Å². The van der Waals surface area contributed by atoms with E-state index in [4.69, 9.17) is 0 Å². The third kappa shape index (κ3) is 2.94. The van der Waals surface area contributed by atoms with E-state index in [1.54, 1.807) is 0 Å². The van der Waals surface area contributed by atoms with E-state index in [2.05, 4.69) is 31.0 Å². The lowest BCUT2D eigenvalue weighted by Crippen LogP contribution is -2.53. The minimum absolute atomic E-state index is 0.541. The lowest BCUT2D eigenvalue weighted by atomic mass is 9.82. The molecule has 2 atom stereocenters. The summed E-state index contributed by atoms with van der Waals surface area (Å²) < 4.78 is 0. The summed E-state index contributed by atoms with van der Waals surface area (Å²) >= 11 is 0. The topological polar surface area (TPSA) is 15.3 Å². The van der Waals surface area contributed by atoms with Crippen LogP contribution in [0, 0.1) is 11.3 Å². The molecule has 2 unspecified atom stereocenters. The van der Waals surface area contributed by atoms with E-state index in [9.17, 15) is 0 Å². The minimum Gasteiger partial charge on any atom is -0.315 e. The molecule has 0 aromatic carbocycles. The summed E-state index contributed by atoms with van der Waals surface area (Å²) in [6.07, 6.45) is 4.18. The molecule has 0 spiro atoms. The Morgan fingerprint density at radius 2 is 2.07 bits per heavy atom. The van der Waals surface area contributed by atoms with Gasteiger partial charge in [-0.2, -0.15) is 0 Å². The summed E-state index contributed by atoms with van der Waals surface area (Å²) in [6.45, 7) is 12.2. The third-order valence-corrected chi connectivity index (χ3v) is 3.99. The molecule has 0 aliphatic carbocycles. The zero-order valence-electron chi connectivity index (χ0n) is 10.6. The molecular formula is C13H26N2. The lowest BCUT2D eigenvalue weighted by Gasteiger charge is -2.44. The van der Waals surface area contributed by atoms with Gasteiger partial charge in [-0.25, -0.2) is 0 Å². The molecule has 1 N–H and O–H groups in total. The third-order valence-electron chi connectivity index (χ3n) is 3.99. The van der Waals surface area contributed by atoms with Gasteiger partial charge in [-0.05, 0) is 43.7 Å². The maximum atomic E-state index is 3.57. The fraction of sp³-hybridized carbons (Fsp3) is 1.00. The number of likely N-dealkylation sites (tertiary alicyclic amines) is 1. The van der Waals surface area contributed by atoms with Crippen molar-refractivity contribution >= 4 is 0 Å². The van der Waals surface area contributed by atoms with Crippen LogP contribution in [0.15, 0.2) is 0 Å². The van der Waals surface area contributed by atoms with Crippen molar-refractivity contribution < 1.29 is 0 Å². The highest BCUT2D eigenvalue weighted by atomic mass is 15.2. The molecule has 2 rings (SSSR count). The summed E-state index contributed by atoms with van der Waals surface area (Å²) in [5.74, 6) is 0.855. The van der Waals surface area contributed by atoms with Crippen molar-refractivity contribution in [2.24, 2.45) is 11.3 Å². The zero-order chi connectivity index (χ0) is 10.9. The predicted octanol–water partition coefficient (Wildman–Crippen LogP) is 2.11. The SMILES string of the molecule is CC1CNCC(N2CCCC(C)(C)C2)C1. The smallest absolute Gasteiger partial charge is 0.0223 e. The normalized spacial score (nSPS) is 37.8. The van der Waals surface area contributed by atoms with Crippen LogP contribution in [-0.4, -0.2) is 37.1 Å². The van der Waals surface area contributed by atoms with Gasteiger partial charge in [0.1, 0.15) is 0 Å². The Morgan fingerprint density at radius 3 is 2.73 bits per heavy atom. The van der Waals surface area contributed by atoms with E-state index >= 15 is 0 Å². The molecule has 0 radical (unpaired) electrons. The van der Waals surface area contributed by atoms with E-state index in [0.29, 0.717) is 5.41 Å². The number of piperidine rings is 2. The Hall–Kier alpha value is -0.0800. The molecule has 15 heavy (non-hydrogen) atoms. The fourth-order valence-electron chi connectivity index (χ4n) is 3.19. The van der Waals surface area contributed by atoms with Crippen LogP contribution in [0.5, 0.6) is 0 Å². The molecule has 2 aliphatic rings. The van der Waals surface area contributed by atoms with E-state index in [-0.39, 0.29) is 0 Å². The standard InChI is InChI=1S/C13H26N2/c1-11-7-12(9-14-8-11)15-6-4-5-13(2,3)10-15/h11-12,14H,4-10H2,1-3H3. The van der Waals surface area contributed by atoms with Crippen molar-refractivity contribution in [3.8, 4) is 0 Å². The average Bonchev–Trinajstić information content (AvgIpc) is 2.16. The Labute approximate surface area is 94.4 Å². The number of nitrogens with zero attached hydrogens (tertiary/aromatic N) is 1. The van der Waals surface area contributed by atoms with Crippen molar-refractivity contribution in [1.82, 2.24) is 10.2 Å². The fourth-order valence-corrected chi connectivity index (χ4v) is 3.19. The number of rotatable bonds is 1. The average molecular weight is 210 g/mol. The van der Waals surface area contributed by atoms with Crippen LogP contribution in [0.4, 0.5) is 0 Å². The highest BCUT2D eigenvalue weighted by Crippen LogP contribution is 2.31. The van der Waals surface area contributed by atoms with Gasteiger partial charge in [-0.3, -0.25) is 4.90 Å². The Bertz CT molecular complexity index is 213. The second-order valence-corrected chi connectivity index (χ2v) is 6.39. The van der Waals surface area contributed by atoms with Gasteiger partial charge in [0.2, 0.25) is 0 Å². The highest BCUT2D eigenvalue weighted by molar-refractivity contribution is 4.87. The maximum Gasteiger partial charge on any atom is 0.0223 e. The predicted molar refractivity (Wildman–Crippen MR) is 65.0 cm³/mol. The van der Waals surface area contributed by atoms with Crippen LogP contribution >= 0.6 is 0 Å². The van der Waals surface area contributed by atoms with Crippen LogP contribution in [0.2, 0.25) is 0 Å². The van der Waals surface area contributed by atoms with Crippen LogP contribution in [0.25, 0.3) is 0 Å². The van der Waals surface area contributed by atoms with Gasteiger partial charge in [-0.15, -0.1) is 0 Å². The van der Waals surface area contributed by atoms with Crippen molar-refractivity contribution in [1.29, 1.82) is 0 Å². The summed E-state index contributed by atoms with van der Waals surface area (Å²) in [4.78, 5) is 2.73. The zero-order valence-corrected chi connectivity index (χ0v) is 10.6. The lowest BCUT2D eigenvalue weighted by molar-refractivity contribution is 0.0584.